The Morgan fingerprint density at radius 2 is 2.35 bits per heavy atom. The zero-order valence-electron chi connectivity index (χ0n) is 10.4. The number of aromatic nitrogens is 2. The minimum atomic E-state index is -0.956. The molecule has 17 heavy (non-hydrogen) atoms. The summed E-state index contributed by atoms with van der Waals surface area (Å²) in [6, 6.07) is 1.11. The SMILES string of the molecule is Cn1nccc1CCSC(C)(C)[C@H](N)C(=O)O. The monoisotopic (exact) mass is 257 g/mol. The van der Waals surface area contributed by atoms with E-state index in [0.717, 1.165) is 17.9 Å². The number of aryl methyl sites for hydroxylation is 2. The van der Waals surface area contributed by atoms with E-state index >= 15 is 0 Å². The Morgan fingerprint density at radius 1 is 1.71 bits per heavy atom. The molecule has 0 saturated heterocycles. The third-order valence-electron chi connectivity index (χ3n) is 2.77. The molecule has 96 valence electrons. The van der Waals surface area contributed by atoms with Crippen LogP contribution in [0.4, 0.5) is 0 Å². The number of rotatable bonds is 6. The van der Waals surface area contributed by atoms with Crippen molar-refractivity contribution in [3.05, 3.63) is 18.0 Å². The average molecular weight is 257 g/mol. The molecule has 0 aliphatic heterocycles. The van der Waals surface area contributed by atoms with E-state index in [-0.39, 0.29) is 0 Å². The van der Waals surface area contributed by atoms with Gasteiger partial charge in [-0.25, -0.2) is 0 Å². The molecule has 0 unspecified atom stereocenters. The van der Waals surface area contributed by atoms with Crippen LogP contribution in [0.1, 0.15) is 19.5 Å². The van der Waals surface area contributed by atoms with Crippen LogP contribution in [0.2, 0.25) is 0 Å². The van der Waals surface area contributed by atoms with Gasteiger partial charge >= 0.3 is 5.97 Å². The summed E-state index contributed by atoms with van der Waals surface area (Å²) in [5.74, 6) is -0.129. The van der Waals surface area contributed by atoms with Gasteiger partial charge in [-0.15, -0.1) is 0 Å². The number of hydrogen-bond acceptors (Lipinski definition) is 4. The van der Waals surface area contributed by atoms with Gasteiger partial charge in [-0.2, -0.15) is 16.9 Å². The standard InChI is InChI=1S/C11H19N3O2S/c1-11(2,9(12)10(15)16)17-7-5-8-4-6-13-14(8)3/h4,6,9H,5,7,12H2,1-3H3,(H,15,16)/t9-/m1/s1. The molecule has 0 saturated carbocycles. The summed E-state index contributed by atoms with van der Waals surface area (Å²) in [4.78, 5) is 10.8. The van der Waals surface area contributed by atoms with Crippen LogP contribution in [0.3, 0.4) is 0 Å². The molecule has 0 spiro atoms. The Balaban J connectivity index is 2.45. The lowest BCUT2D eigenvalue weighted by molar-refractivity contribution is -0.139. The Hall–Kier alpha value is -1.01. The van der Waals surface area contributed by atoms with Crippen LogP contribution < -0.4 is 5.73 Å². The number of carboxylic acid groups (broad SMARTS) is 1. The van der Waals surface area contributed by atoms with Gasteiger partial charge in [0.2, 0.25) is 0 Å². The second kappa shape index (κ2) is 5.55. The Bertz CT molecular complexity index is 390. The van der Waals surface area contributed by atoms with Crippen molar-refractivity contribution >= 4 is 17.7 Å². The van der Waals surface area contributed by atoms with Crippen LogP contribution in [-0.4, -0.2) is 37.4 Å². The van der Waals surface area contributed by atoms with Crippen molar-refractivity contribution in [1.82, 2.24) is 9.78 Å². The van der Waals surface area contributed by atoms with Crippen molar-refractivity contribution in [3.8, 4) is 0 Å². The van der Waals surface area contributed by atoms with E-state index in [9.17, 15) is 4.79 Å². The van der Waals surface area contributed by atoms with Crippen molar-refractivity contribution in [3.63, 3.8) is 0 Å². The van der Waals surface area contributed by atoms with Crippen molar-refractivity contribution in [2.75, 3.05) is 5.75 Å². The molecule has 1 atom stereocenters. The molecule has 0 aromatic carbocycles. The van der Waals surface area contributed by atoms with Gasteiger partial charge in [0.05, 0.1) is 0 Å². The molecule has 0 bridgehead atoms. The fourth-order valence-corrected chi connectivity index (χ4v) is 2.57. The third-order valence-corrected chi connectivity index (χ3v) is 4.18. The van der Waals surface area contributed by atoms with Crippen LogP contribution in [0, 0.1) is 0 Å². The molecule has 0 aliphatic rings. The summed E-state index contributed by atoms with van der Waals surface area (Å²) in [6.07, 6.45) is 2.62. The van der Waals surface area contributed by atoms with E-state index in [1.807, 2.05) is 31.6 Å². The number of nitrogens with two attached hydrogens (primary N) is 1. The highest BCUT2D eigenvalue weighted by atomic mass is 32.2. The molecular formula is C11H19N3O2S. The number of nitrogens with zero attached hydrogens (tertiary/aromatic N) is 2. The maximum absolute atomic E-state index is 10.8. The zero-order valence-corrected chi connectivity index (χ0v) is 11.2. The second-order valence-electron chi connectivity index (χ2n) is 4.46. The molecule has 1 heterocycles. The number of aliphatic carboxylic acids is 1. The van der Waals surface area contributed by atoms with E-state index in [2.05, 4.69) is 5.10 Å². The summed E-state index contributed by atoms with van der Waals surface area (Å²) >= 11 is 1.58. The summed E-state index contributed by atoms with van der Waals surface area (Å²) in [5, 5.41) is 13.0. The van der Waals surface area contributed by atoms with Crippen molar-refractivity contribution in [2.24, 2.45) is 12.8 Å². The van der Waals surface area contributed by atoms with Gasteiger partial charge in [0.25, 0.3) is 0 Å². The van der Waals surface area contributed by atoms with Crippen molar-refractivity contribution < 1.29 is 9.90 Å². The molecule has 1 aromatic rings. The van der Waals surface area contributed by atoms with Crippen molar-refractivity contribution in [2.45, 2.75) is 31.1 Å². The third kappa shape index (κ3) is 3.74. The minimum absolute atomic E-state index is 0.468. The van der Waals surface area contributed by atoms with E-state index in [4.69, 9.17) is 10.8 Å². The lowest BCUT2D eigenvalue weighted by Gasteiger charge is -2.27. The van der Waals surface area contributed by atoms with Gasteiger partial charge in [0.15, 0.2) is 0 Å². The number of carboxylic acids is 1. The molecule has 0 radical (unpaired) electrons. The summed E-state index contributed by atoms with van der Waals surface area (Å²) in [6.45, 7) is 3.72. The van der Waals surface area contributed by atoms with Crippen LogP contribution in [0.15, 0.2) is 12.3 Å². The quantitative estimate of drug-likeness (QED) is 0.791. The van der Waals surface area contributed by atoms with Crippen molar-refractivity contribution in [1.29, 1.82) is 0 Å². The van der Waals surface area contributed by atoms with Gasteiger partial charge < -0.3 is 10.8 Å². The highest BCUT2D eigenvalue weighted by Crippen LogP contribution is 2.28. The van der Waals surface area contributed by atoms with E-state index in [1.54, 1.807) is 18.0 Å². The molecule has 0 fully saturated rings. The van der Waals surface area contributed by atoms with Crippen LogP contribution >= 0.6 is 11.8 Å². The number of carbonyl (C=O) groups is 1. The van der Waals surface area contributed by atoms with Gasteiger partial charge in [-0.3, -0.25) is 9.48 Å². The van der Waals surface area contributed by atoms with Gasteiger partial charge in [0.1, 0.15) is 6.04 Å². The first-order valence-electron chi connectivity index (χ1n) is 5.44. The predicted octanol–water partition coefficient (Wildman–Crippen LogP) is 0.886. The molecule has 0 aliphatic carbocycles. The highest BCUT2D eigenvalue weighted by Gasteiger charge is 2.32. The van der Waals surface area contributed by atoms with E-state index < -0.39 is 16.8 Å². The predicted molar refractivity (Wildman–Crippen MR) is 69.1 cm³/mol. The first kappa shape index (κ1) is 14.1. The Morgan fingerprint density at radius 3 is 2.82 bits per heavy atom. The first-order chi connectivity index (χ1) is 7.84. The van der Waals surface area contributed by atoms with E-state index in [0.29, 0.717) is 0 Å². The fourth-order valence-electron chi connectivity index (χ4n) is 1.45. The Kier molecular flexibility index (Phi) is 4.59. The van der Waals surface area contributed by atoms with Crippen LogP contribution in [0.5, 0.6) is 0 Å². The lowest BCUT2D eigenvalue weighted by atomic mass is 10.1. The van der Waals surface area contributed by atoms with Gasteiger partial charge in [-0.05, 0) is 32.1 Å². The number of thioether (sulfide) groups is 1. The molecule has 1 rings (SSSR count). The molecular weight excluding hydrogens is 238 g/mol. The van der Waals surface area contributed by atoms with Crippen LogP contribution in [-0.2, 0) is 18.3 Å². The van der Waals surface area contributed by atoms with Gasteiger partial charge in [0, 0.05) is 23.7 Å². The maximum Gasteiger partial charge on any atom is 0.321 e. The van der Waals surface area contributed by atoms with Gasteiger partial charge in [-0.1, -0.05) is 0 Å². The second-order valence-corrected chi connectivity index (χ2v) is 6.21. The Labute approximate surface area is 105 Å². The van der Waals surface area contributed by atoms with E-state index in [1.165, 1.54) is 0 Å². The molecule has 5 nitrogen and oxygen atoms in total. The summed E-state index contributed by atoms with van der Waals surface area (Å²) in [5.41, 5.74) is 6.78. The number of hydrogen-bond donors (Lipinski definition) is 2. The largest absolute Gasteiger partial charge is 0.480 e. The van der Waals surface area contributed by atoms with Crippen LogP contribution in [0.25, 0.3) is 0 Å². The summed E-state index contributed by atoms with van der Waals surface area (Å²) < 4.78 is 1.36. The highest BCUT2D eigenvalue weighted by molar-refractivity contribution is 8.00. The fraction of sp³-hybridized carbons (Fsp3) is 0.636. The molecule has 3 N–H and O–H groups in total. The minimum Gasteiger partial charge on any atom is -0.480 e. The summed E-state index contributed by atoms with van der Waals surface area (Å²) in [7, 11) is 1.90. The smallest absolute Gasteiger partial charge is 0.321 e. The average Bonchev–Trinajstić information content (AvgIpc) is 2.63. The topological polar surface area (TPSA) is 81.1 Å². The molecule has 0 amide bonds. The normalized spacial score (nSPS) is 13.6. The molecule has 1 aromatic heterocycles. The zero-order chi connectivity index (χ0) is 13.1. The lowest BCUT2D eigenvalue weighted by Crippen LogP contribution is -2.46. The first-order valence-corrected chi connectivity index (χ1v) is 6.42. The molecule has 6 heteroatoms. The maximum atomic E-state index is 10.8.